The zero-order chi connectivity index (χ0) is 25.0. The highest BCUT2D eigenvalue weighted by Crippen LogP contribution is 2.66. The standard InChI is InChI=1S/C29H46O5/c1-16(2)7-10-24(31)17(3)20-8-9-21-19-13-25(32)23-14-26(33)27(34-18(4)30)15-29(23,6)22(19)11-12-28(20,21)5/h13,16-17,20-24,26-27,31,33H,7-12,14-15H2,1-6H3. The number of fused-ring (bicyclic) bond motifs is 5. The molecule has 5 heteroatoms. The van der Waals surface area contributed by atoms with E-state index in [9.17, 15) is 19.8 Å². The van der Waals surface area contributed by atoms with Crippen LogP contribution in [0.2, 0.25) is 0 Å². The first-order chi connectivity index (χ1) is 15.9. The molecule has 0 bridgehead atoms. The Morgan fingerprint density at radius 3 is 2.41 bits per heavy atom. The normalized spacial score (nSPS) is 43.4. The number of rotatable bonds is 6. The molecular formula is C29H46O5. The van der Waals surface area contributed by atoms with Crippen molar-refractivity contribution in [3.63, 3.8) is 0 Å². The molecule has 5 nitrogen and oxygen atoms in total. The zero-order valence-corrected chi connectivity index (χ0v) is 22.0. The van der Waals surface area contributed by atoms with E-state index in [1.165, 1.54) is 12.5 Å². The van der Waals surface area contributed by atoms with Crippen LogP contribution < -0.4 is 0 Å². The number of hydrogen-bond donors (Lipinski definition) is 2. The number of ketones is 1. The smallest absolute Gasteiger partial charge is 0.302 e. The van der Waals surface area contributed by atoms with Crippen LogP contribution in [0.25, 0.3) is 0 Å². The summed E-state index contributed by atoms with van der Waals surface area (Å²) in [5.41, 5.74) is 1.12. The highest BCUT2D eigenvalue weighted by molar-refractivity contribution is 5.94. The summed E-state index contributed by atoms with van der Waals surface area (Å²) < 4.78 is 5.51. The molecule has 0 saturated heterocycles. The summed E-state index contributed by atoms with van der Waals surface area (Å²) in [5, 5.41) is 21.6. The number of hydrogen-bond acceptors (Lipinski definition) is 5. The lowest BCUT2D eigenvalue weighted by Crippen LogP contribution is -2.56. The average Bonchev–Trinajstić information content (AvgIpc) is 3.10. The van der Waals surface area contributed by atoms with E-state index in [0.29, 0.717) is 36.5 Å². The minimum Gasteiger partial charge on any atom is -0.460 e. The molecule has 3 fully saturated rings. The molecule has 0 aromatic rings. The number of allylic oxidation sites excluding steroid dienone is 2. The number of aliphatic hydroxyl groups excluding tert-OH is 2. The predicted octanol–water partition coefficient (Wildman–Crippen LogP) is 5.08. The van der Waals surface area contributed by atoms with Gasteiger partial charge in [0.05, 0.1) is 12.2 Å². The molecule has 0 radical (unpaired) electrons. The minimum absolute atomic E-state index is 0.105. The van der Waals surface area contributed by atoms with E-state index in [1.54, 1.807) is 0 Å². The summed E-state index contributed by atoms with van der Waals surface area (Å²) in [5.74, 6) is 1.55. The molecule has 2 N–H and O–H groups in total. The fraction of sp³-hybridized carbons (Fsp3) is 0.862. The Morgan fingerprint density at radius 2 is 1.76 bits per heavy atom. The Bertz CT molecular complexity index is 832. The molecule has 192 valence electrons. The predicted molar refractivity (Wildman–Crippen MR) is 132 cm³/mol. The van der Waals surface area contributed by atoms with Crippen molar-refractivity contribution in [2.75, 3.05) is 0 Å². The molecule has 0 amide bonds. The molecule has 10 atom stereocenters. The molecule has 10 unspecified atom stereocenters. The van der Waals surface area contributed by atoms with Crippen molar-refractivity contribution in [3.05, 3.63) is 11.6 Å². The van der Waals surface area contributed by atoms with Crippen molar-refractivity contribution in [1.29, 1.82) is 0 Å². The lowest BCUT2D eigenvalue weighted by atomic mass is 9.47. The third-order valence-corrected chi connectivity index (χ3v) is 10.6. The quantitative estimate of drug-likeness (QED) is 0.525. The summed E-state index contributed by atoms with van der Waals surface area (Å²) in [6.45, 7) is 12.6. The molecule has 4 aliphatic carbocycles. The maximum atomic E-state index is 13.4. The van der Waals surface area contributed by atoms with Gasteiger partial charge in [-0.15, -0.1) is 0 Å². The molecular weight excluding hydrogens is 428 g/mol. The van der Waals surface area contributed by atoms with Gasteiger partial charge in [0.1, 0.15) is 6.10 Å². The molecule has 0 heterocycles. The Labute approximate surface area is 205 Å². The van der Waals surface area contributed by atoms with E-state index in [4.69, 9.17) is 4.74 Å². The van der Waals surface area contributed by atoms with Crippen LogP contribution in [0.4, 0.5) is 0 Å². The van der Waals surface area contributed by atoms with E-state index in [2.05, 4.69) is 34.6 Å². The van der Waals surface area contributed by atoms with Gasteiger partial charge in [0, 0.05) is 12.8 Å². The first-order valence-corrected chi connectivity index (χ1v) is 13.7. The Morgan fingerprint density at radius 1 is 1.09 bits per heavy atom. The number of carbonyl (C=O) groups excluding carboxylic acids is 2. The lowest BCUT2D eigenvalue weighted by Gasteiger charge is -2.58. The van der Waals surface area contributed by atoms with Gasteiger partial charge in [-0.25, -0.2) is 0 Å². The van der Waals surface area contributed by atoms with Crippen LogP contribution in [0, 0.1) is 46.3 Å². The molecule has 4 aliphatic rings. The summed E-state index contributed by atoms with van der Waals surface area (Å²) in [6, 6.07) is 0. The summed E-state index contributed by atoms with van der Waals surface area (Å²) in [4.78, 5) is 25.1. The van der Waals surface area contributed by atoms with Gasteiger partial charge in [0.25, 0.3) is 0 Å². The van der Waals surface area contributed by atoms with Gasteiger partial charge in [-0.2, -0.15) is 0 Å². The topological polar surface area (TPSA) is 83.8 Å². The van der Waals surface area contributed by atoms with Crippen LogP contribution in [-0.4, -0.2) is 40.3 Å². The van der Waals surface area contributed by atoms with E-state index in [1.807, 2.05) is 6.08 Å². The minimum atomic E-state index is -0.779. The molecule has 4 rings (SSSR count). The van der Waals surface area contributed by atoms with Crippen LogP contribution in [0.5, 0.6) is 0 Å². The van der Waals surface area contributed by atoms with E-state index < -0.39 is 12.2 Å². The van der Waals surface area contributed by atoms with E-state index >= 15 is 0 Å². The van der Waals surface area contributed by atoms with Crippen molar-refractivity contribution in [2.24, 2.45) is 46.3 Å². The van der Waals surface area contributed by atoms with Gasteiger partial charge in [0.15, 0.2) is 5.78 Å². The molecule has 0 aromatic heterocycles. The number of aliphatic hydroxyl groups is 2. The van der Waals surface area contributed by atoms with Gasteiger partial charge in [-0.1, -0.05) is 40.2 Å². The molecule has 0 spiro atoms. The summed E-state index contributed by atoms with van der Waals surface area (Å²) >= 11 is 0. The summed E-state index contributed by atoms with van der Waals surface area (Å²) in [6.07, 6.45) is 7.49. The Hall–Kier alpha value is -1.20. The Kier molecular flexibility index (Phi) is 7.12. The van der Waals surface area contributed by atoms with Gasteiger partial charge in [-0.3, -0.25) is 9.59 Å². The van der Waals surface area contributed by atoms with Crippen molar-refractivity contribution in [1.82, 2.24) is 0 Å². The number of esters is 1. The third-order valence-electron chi connectivity index (χ3n) is 10.6. The fourth-order valence-corrected chi connectivity index (χ4v) is 8.65. The lowest BCUT2D eigenvalue weighted by molar-refractivity contribution is -0.169. The second-order valence-corrected chi connectivity index (χ2v) is 13.0. The van der Waals surface area contributed by atoms with Crippen LogP contribution in [-0.2, 0) is 14.3 Å². The first-order valence-electron chi connectivity index (χ1n) is 13.7. The van der Waals surface area contributed by atoms with Gasteiger partial charge < -0.3 is 14.9 Å². The van der Waals surface area contributed by atoms with Crippen molar-refractivity contribution in [3.8, 4) is 0 Å². The Balaban J connectivity index is 1.58. The van der Waals surface area contributed by atoms with Gasteiger partial charge in [-0.05, 0) is 97.9 Å². The van der Waals surface area contributed by atoms with Crippen molar-refractivity contribution >= 4 is 11.8 Å². The summed E-state index contributed by atoms with van der Waals surface area (Å²) in [7, 11) is 0. The number of carbonyl (C=O) groups is 2. The van der Waals surface area contributed by atoms with Crippen LogP contribution in [0.3, 0.4) is 0 Å². The van der Waals surface area contributed by atoms with Gasteiger partial charge in [0.2, 0.25) is 0 Å². The average molecular weight is 475 g/mol. The van der Waals surface area contributed by atoms with E-state index in [-0.39, 0.29) is 40.5 Å². The van der Waals surface area contributed by atoms with E-state index in [0.717, 1.165) is 38.5 Å². The van der Waals surface area contributed by atoms with Gasteiger partial charge >= 0.3 is 5.97 Å². The zero-order valence-electron chi connectivity index (χ0n) is 22.0. The van der Waals surface area contributed by atoms with Crippen LogP contribution in [0.15, 0.2) is 11.6 Å². The van der Waals surface area contributed by atoms with Crippen molar-refractivity contribution < 1.29 is 24.5 Å². The molecule has 0 aliphatic heterocycles. The monoisotopic (exact) mass is 474 g/mol. The second kappa shape index (κ2) is 9.35. The molecule has 0 aromatic carbocycles. The van der Waals surface area contributed by atoms with Crippen molar-refractivity contribution in [2.45, 2.75) is 111 Å². The highest BCUT2D eigenvalue weighted by Gasteiger charge is 2.61. The third kappa shape index (κ3) is 4.30. The maximum Gasteiger partial charge on any atom is 0.302 e. The second-order valence-electron chi connectivity index (χ2n) is 13.0. The highest BCUT2D eigenvalue weighted by atomic mass is 16.6. The maximum absolute atomic E-state index is 13.4. The first kappa shape index (κ1) is 25.9. The SMILES string of the molecule is CC(=O)OC1CC2(C)C(CC1O)C(=O)C=C1C2CCC2(C)C1CCC2C(C)C(O)CCC(C)C. The van der Waals surface area contributed by atoms with Crippen LogP contribution >= 0.6 is 0 Å². The number of ether oxygens (including phenoxy) is 1. The largest absolute Gasteiger partial charge is 0.460 e. The molecule has 3 saturated carbocycles. The van der Waals surface area contributed by atoms with Crippen LogP contribution in [0.1, 0.15) is 92.9 Å². The fourth-order valence-electron chi connectivity index (χ4n) is 8.65. The molecule has 34 heavy (non-hydrogen) atoms.